The smallest absolute Gasteiger partial charge is 0.303 e. The molecule has 1 saturated carbocycles. The van der Waals surface area contributed by atoms with Gasteiger partial charge in [0, 0.05) is 25.8 Å². The summed E-state index contributed by atoms with van der Waals surface area (Å²) in [4.78, 5) is 15.0. The fourth-order valence-electron chi connectivity index (χ4n) is 2.41. The number of aliphatic carboxylic acids is 1. The summed E-state index contributed by atoms with van der Waals surface area (Å²) in [5.41, 5.74) is 0. The van der Waals surface area contributed by atoms with Crippen LogP contribution in [0.2, 0.25) is 0 Å². The molecular formula is C12H19N3O2. The molecule has 0 atom stereocenters. The van der Waals surface area contributed by atoms with E-state index in [-0.39, 0.29) is 6.42 Å². The number of carboxylic acids is 1. The minimum atomic E-state index is -0.747. The fourth-order valence-corrected chi connectivity index (χ4v) is 2.41. The molecule has 5 heteroatoms. The minimum absolute atomic E-state index is 0.200. The fraction of sp³-hybridized carbons (Fsp3) is 0.750. The van der Waals surface area contributed by atoms with Gasteiger partial charge in [0.15, 0.2) is 5.82 Å². The number of carboxylic acid groups (broad SMARTS) is 1. The highest BCUT2D eigenvalue weighted by atomic mass is 16.4. The topological polar surface area (TPSA) is 68.0 Å². The van der Waals surface area contributed by atoms with E-state index in [1.54, 1.807) is 4.68 Å². The second-order valence-electron chi connectivity index (χ2n) is 4.74. The molecule has 0 spiro atoms. The second-order valence-corrected chi connectivity index (χ2v) is 4.74. The second kappa shape index (κ2) is 5.29. The van der Waals surface area contributed by atoms with Gasteiger partial charge in [0.05, 0.1) is 0 Å². The number of hydrogen-bond donors (Lipinski definition) is 1. The Morgan fingerprint density at radius 1 is 1.47 bits per heavy atom. The van der Waals surface area contributed by atoms with Crippen LogP contribution in [0.3, 0.4) is 0 Å². The van der Waals surface area contributed by atoms with Gasteiger partial charge in [-0.3, -0.25) is 9.48 Å². The van der Waals surface area contributed by atoms with Gasteiger partial charge in [-0.15, -0.1) is 0 Å². The van der Waals surface area contributed by atoms with E-state index in [2.05, 4.69) is 10.1 Å². The largest absolute Gasteiger partial charge is 0.481 e. The molecule has 0 amide bonds. The van der Waals surface area contributed by atoms with Gasteiger partial charge >= 0.3 is 5.97 Å². The number of rotatable bonds is 5. The SMILES string of the molecule is Cn1nc(C2CCCC2)nc1CCCC(=O)O. The van der Waals surface area contributed by atoms with Gasteiger partial charge in [-0.2, -0.15) is 5.10 Å². The molecule has 0 unspecified atom stereocenters. The number of aromatic nitrogens is 3. The van der Waals surface area contributed by atoms with E-state index in [4.69, 9.17) is 5.11 Å². The third kappa shape index (κ3) is 3.05. The van der Waals surface area contributed by atoms with Crippen molar-refractivity contribution in [1.29, 1.82) is 0 Å². The molecule has 1 heterocycles. The van der Waals surface area contributed by atoms with E-state index in [1.807, 2.05) is 7.05 Å². The lowest BCUT2D eigenvalue weighted by Crippen LogP contribution is -2.02. The normalized spacial score (nSPS) is 16.5. The summed E-state index contributed by atoms with van der Waals surface area (Å²) in [7, 11) is 1.89. The van der Waals surface area contributed by atoms with Crippen LogP contribution in [0.25, 0.3) is 0 Å². The maximum absolute atomic E-state index is 10.4. The first kappa shape index (κ1) is 12.1. The van der Waals surface area contributed by atoms with E-state index < -0.39 is 5.97 Å². The van der Waals surface area contributed by atoms with Crippen molar-refractivity contribution in [2.75, 3.05) is 0 Å². The lowest BCUT2D eigenvalue weighted by atomic mass is 10.1. The first-order chi connectivity index (χ1) is 8.16. The molecular weight excluding hydrogens is 218 g/mol. The highest BCUT2D eigenvalue weighted by molar-refractivity contribution is 5.66. The monoisotopic (exact) mass is 237 g/mol. The lowest BCUT2D eigenvalue weighted by molar-refractivity contribution is -0.137. The van der Waals surface area contributed by atoms with Crippen molar-refractivity contribution in [2.24, 2.45) is 7.05 Å². The highest BCUT2D eigenvalue weighted by Gasteiger charge is 2.21. The summed E-state index contributed by atoms with van der Waals surface area (Å²) < 4.78 is 1.80. The summed E-state index contributed by atoms with van der Waals surface area (Å²) in [5, 5.41) is 13.0. The van der Waals surface area contributed by atoms with Crippen LogP contribution < -0.4 is 0 Å². The molecule has 17 heavy (non-hydrogen) atoms. The molecule has 5 nitrogen and oxygen atoms in total. The van der Waals surface area contributed by atoms with E-state index in [0.29, 0.717) is 18.8 Å². The highest BCUT2D eigenvalue weighted by Crippen LogP contribution is 2.32. The maximum atomic E-state index is 10.4. The van der Waals surface area contributed by atoms with Crippen molar-refractivity contribution in [3.63, 3.8) is 0 Å². The zero-order chi connectivity index (χ0) is 12.3. The molecule has 2 rings (SSSR count). The number of nitrogens with zero attached hydrogens (tertiary/aromatic N) is 3. The summed E-state index contributed by atoms with van der Waals surface area (Å²) in [6.07, 6.45) is 6.46. The molecule has 1 fully saturated rings. The summed E-state index contributed by atoms with van der Waals surface area (Å²) >= 11 is 0. The average molecular weight is 237 g/mol. The Labute approximate surface area is 101 Å². The van der Waals surface area contributed by atoms with Gasteiger partial charge in [-0.05, 0) is 19.3 Å². The van der Waals surface area contributed by atoms with Gasteiger partial charge in [0.2, 0.25) is 0 Å². The molecule has 0 radical (unpaired) electrons. The van der Waals surface area contributed by atoms with Crippen molar-refractivity contribution < 1.29 is 9.90 Å². The van der Waals surface area contributed by atoms with Gasteiger partial charge in [0.1, 0.15) is 5.82 Å². The van der Waals surface area contributed by atoms with E-state index >= 15 is 0 Å². The summed E-state index contributed by atoms with van der Waals surface area (Å²) in [5.74, 6) is 1.64. The molecule has 1 N–H and O–H groups in total. The Balaban J connectivity index is 1.95. The van der Waals surface area contributed by atoms with E-state index in [9.17, 15) is 4.79 Å². The molecule has 1 aliphatic rings. The van der Waals surface area contributed by atoms with E-state index in [0.717, 1.165) is 11.6 Å². The van der Waals surface area contributed by atoms with E-state index in [1.165, 1.54) is 25.7 Å². The molecule has 0 saturated heterocycles. The van der Waals surface area contributed by atoms with Gasteiger partial charge in [0.25, 0.3) is 0 Å². The molecule has 0 aromatic carbocycles. The Kier molecular flexibility index (Phi) is 3.76. The third-order valence-corrected chi connectivity index (χ3v) is 3.38. The van der Waals surface area contributed by atoms with Crippen molar-refractivity contribution in [1.82, 2.24) is 14.8 Å². The van der Waals surface area contributed by atoms with Crippen LogP contribution in [-0.4, -0.2) is 25.8 Å². The van der Waals surface area contributed by atoms with Crippen molar-refractivity contribution >= 4 is 5.97 Å². The lowest BCUT2D eigenvalue weighted by Gasteiger charge is -2.00. The Hall–Kier alpha value is -1.39. The molecule has 94 valence electrons. The number of carbonyl (C=O) groups is 1. The summed E-state index contributed by atoms with van der Waals surface area (Å²) in [6.45, 7) is 0. The molecule has 0 bridgehead atoms. The van der Waals surface area contributed by atoms with Crippen molar-refractivity contribution in [3.05, 3.63) is 11.6 Å². The quantitative estimate of drug-likeness (QED) is 0.849. The Morgan fingerprint density at radius 2 is 2.18 bits per heavy atom. The average Bonchev–Trinajstić information content (AvgIpc) is 2.87. The van der Waals surface area contributed by atoms with Crippen LogP contribution in [-0.2, 0) is 18.3 Å². The van der Waals surface area contributed by atoms with Crippen molar-refractivity contribution in [3.8, 4) is 0 Å². The predicted molar refractivity (Wildman–Crippen MR) is 62.8 cm³/mol. The van der Waals surface area contributed by atoms with Crippen LogP contribution in [0.4, 0.5) is 0 Å². The number of aryl methyl sites for hydroxylation is 2. The van der Waals surface area contributed by atoms with Crippen molar-refractivity contribution in [2.45, 2.75) is 50.9 Å². The molecule has 0 aliphatic heterocycles. The van der Waals surface area contributed by atoms with Crippen LogP contribution in [0, 0.1) is 0 Å². The first-order valence-electron chi connectivity index (χ1n) is 6.28. The maximum Gasteiger partial charge on any atom is 0.303 e. The minimum Gasteiger partial charge on any atom is -0.481 e. The Morgan fingerprint density at radius 3 is 2.82 bits per heavy atom. The van der Waals surface area contributed by atoms with Crippen LogP contribution in [0.1, 0.15) is 56.1 Å². The van der Waals surface area contributed by atoms with Gasteiger partial charge in [-0.25, -0.2) is 4.98 Å². The summed E-state index contributed by atoms with van der Waals surface area (Å²) in [6, 6.07) is 0. The van der Waals surface area contributed by atoms with Crippen LogP contribution >= 0.6 is 0 Å². The number of hydrogen-bond acceptors (Lipinski definition) is 3. The van der Waals surface area contributed by atoms with Crippen LogP contribution in [0.15, 0.2) is 0 Å². The van der Waals surface area contributed by atoms with Crippen LogP contribution in [0.5, 0.6) is 0 Å². The molecule has 1 aliphatic carbocycles. The standard InChI is InChI=1S/C12H19N3O2/c1-15-10(7-4-8-11(16)17)13-12(14-15)9-5-2-3-6-9/h9H,2-8H2,1H3,(H,16,17). The predicted octanol–water partition coefficient (Wildman–Crippen LogP) is 1.88. The van der Waals surface area contributed by atoms with Gasteiger partial charge in [-0.1, -0.05) is 12.8 Å². The first-order valence-corrected chi connectivity index (χ1v) is 6.28. The van der Waals surface area contributed by atoms with Gasteiger partial charge < -0.3 is 5.11 Å². The zero-order valence-electron chi connectivity index (χ0n) is 10.2. The zero-order valence-corrected chi connectivity index (χ0v) is 10.2. The third-order valence-electron chi connectivity index (χ3n) is 3.38. The Bertz CT molecular complexity index is 394. The molecule has 1 aromatic rings. The molecule has 1 aromatic heterocycles.